The highest BCUT2D eigenvalue weighted by molar-refractivity contribution is 6.20. The number of anilines is 6. The van der Waals surface area contributed by atoms with Crippen molar-refractivity contribution in [3.8, 4) is 44.5 Å². The van der Waals surface area contributed by atoms with Crippen LogP contribution >= 0.6 is 0 Å². The zero-order valence-corrected chi connectivity index (χ0v) is 31.8. The van der Waals surface area contributed by atoms with Crippen LogP contribution in [-0.4, -0.2) is 0 Å². The minimum Gasteiger partial charge on any atom is -0.310 e. The monoisotopic (exact) mass is 738 g/mol. The van der Waals surface area contributed by atoms with E-state index in [-0.39, 0.29) is 0 Å². The Labute approximate surface area is 339 Å². The number of nitrogens with zero attached hydrogens (tertiary/aromatic N) is 2. The van der Waals surface area contributed by atoms with E-state index in [1.165, 1.54) is 77.4 Å². The largest absolute Gasteiger partial charge is 0.310 e. The van der Waals surface area contributed by atoms with Crippen LogP contribution in [0, 0.1) is 0 Å². The molecule has 2 nitrogen and oxygen atoms in total. The molecule has 0 bridgehead atoms. The van der Waals surface area contributed by atoms with E-state index < -0.39 is 0 Å². The first-order chi connectivity index (χ1) is 28.8. The molecule has 0 atom stereocenters. The number of hydrogen-bond donors (Lipinski definition) is 0. The third kappa shape index (κ3) is 5.74. The maximum absolute atomic E-state index is 2.43. The quantitative estimate of drug-likeness (QED) is 0.161. The summed E-state index contributed by atoms with van der Waals surface area (Å²) in [6.45, 7) is 0. The normalized spacial score (nSPS) is 11.8. The molecule has 0 fully saturated rings. The van der Waals surface area contributed by atoms with E-state index in [1.54, 1.807) is 0 Å². The van der Waals surface area contributed by atoms with Gasteiger partial charge >= 0.3 is 0 Å². The van der Waals surface area contributed by atoms with Gasteiger partial charge in [-0.1, -0.05) is 164 Å². The van der Waals surface area contributed by atoms with Gasteiger partial charge in [0, 0.05) is 33.7 Å². The van der Waals surface area contributed by atoms with Crippen LogP contribution in [0.15, 0.2) is 231 Å². The molecule has 1 heterocycles. The SMILES string of the molecule is c1ccc(-c2cc(-c3ccccc3)cc(N(c3ccccc3)c3ccc(-c4cccc5c6c(ccc45)N(c4ccccc4)c4cccc5cccc-6c45)cc3)c2)cc1. The number of para-hydroxylation sites is 2. The first-order valence-electron chi connectivity index (χ1n) is 19.9. The van der Waals surface area contributed by atoms with Crippen molar-refractivity contribution in [3.05, 3.63) is 231 Å². The van der Waals surface area contributed by atoms with Crippen LogP contribution in [0.25, 0.3) is 66.1 Å². The van der Waals surface area contributed by atoms with Crippen molar-refractivity contribution in [3.63, 3.8) is 0 Å². The summed E-state index contributed by atoms with van der Waals surface area (Å²) in [5, 5.41) is 5.02. The van der Waals surface area contributed by atoms with Gasteiger partial charge in [-0.3, -0.25) is 0 Å². The van der Waals surface area contributed by atoms with Crippen LogP contribution in [0.5, 0.6) is 0 Å². The van der Waals surface area contributed by atoms with Gasteiger partial charge in [-0.25, -0.2) is 0 Å². The molecule has 0 spiro atoms. The van der Waals surface area contributed by atoms with Crippen molar-refractivity contribution in [1.82, 2.24) is 0 Å². The fourth-order valence-electron chi connectivity index (χ4n) is 8.92. The molecule has 58 heavy (non-hydrogen) atoms. The third-order valence-electron chi connectivity index (χ3n) is 11.5. The Morgan fingerprint density at radius 1 is 0.310 bits per heavy atom. The summed E-state index contributed by atoms with van der Waals surface area (Å²) < 4.78 is 0. The smallest absolute Gasteiger partial charge is 0.0547 e. The molecule has 0 saturated carbocycles. The van der Waals surface area contributed by atoms with Crippen molar-refractivity contribution >= 4 is 55.7 Å². The molecule has 10 aromatic carbocycles. The summed E-state index contributed by atoms with van der Waals surface area (Å²) in [5.74, 6) is 0. The Bertz CT molecular complexity index is 3020. The van der Waals surface area contributed by atoms with E-state index in [4.69, 9.17) is 0 Å². The Morgan fingerprint density at radius 2 is 0.879 bits per heavy atom. The number of benzene rings is 10. The number of hydrogen-bond acceptors (Lipinski definition) is 2. The molecular weight excluding hydrogens is 701 g/mol. The lowest BCUT2D eigenvalue weighted by Gasteiger charge is -2.34. The van der Waals surface area contributed by atoms with Crippen molar-refractivity contribution in [1.29, 1.82) is 0 Å². The topological polar surface area (TPSA) is 6.48 Å². The van der Waals surface area contributed by atoms with Crippen LogP contribution in [0.2, 0.25) is 0 Å². The van der Waals surface area contributed by atoms with Crippen LogP contribution < -0.4 is 9.80 Å². The molecule has 0 amide bonds. The molecule has 0 saturated heterocycles. The van der Waals surface area contributed by atoms with E-state index in [1.807, 2.05) is 0 Å². The highest BCUT2D eigenvalue weighted by Gasteiger charge is 2.28. The zero-order valence-electron chi connectivity index (χ0n) is 31.8. The van der Waals surface area contributed by atoms with Crippen LogP contribution in [-0.2, 0) is 0 Å². The Balaban J connectivity index is 1.05. The summed E-state index contributed by atoms with van der Waals surface area (Å²) in [4.78, 5) is 4.80. The van der Waals surface area contributed by atoms with E-state index in [0.717, 1.165) is 22.7 Å². The molecule has 11 rings (SSSR count). The average Bonchev–Trinajstić information content (AvgIpc) is 3.30. The summed E-state index contributed by atoms with van der Waals surface area (Å²) >= 11 is 0. The summed E-state index contributed by atoms with van der Waals surface area (Å²) in [6.07, 6.45) is 0. The van der Waals surface area contributed by atoms with E-state index >= 15 is 0 Å². The average molecular weight is 739 g/mol. The molecule has 10 aromatic rings. The van der Waals surface area contributed by atoms with Gasteiger partial charge in [-0.05, 0) is 122 Å². The van der Waals surface area contributed by atoms with Gasteiger partial charge in [0.05, 0.1) is 11.4 Å². The molecule has 2 heteroatoms. The molecule has 0 unspecified atom stereocenters. The second kappa shape index (κ2) is 14.1. The van der Waals surface area contributed by atoms with Crippen molar-refractivity contribution in [2.75, 3.05) is 9.80 Å². The van der Waals surface area contributed by atoms with Crippen molar-refractivity contribution < 1.29 is 0 Å². The Hall–Kier alpha value is -7.68. The second-order valence-electron chi connectivity index (χ2n) is 14.9. The molecule has 0 aromatic heterocycles. The molecular formula is C56H38N2. The molecule has 0 radical (unpaired) electrons. The van der Waals surface area contributed by atoms with Crippen molar-refractivity contribution in [2.24, 2.45) is 0 Å². The molecule has 0 N–H and O–H groups in total. The lowest BCUT2D eigenvalue weighted by atomic mass is 9.86. The fraction of sp³-hybridized carbons (Fsp3) is 0. The van der Waals surface area contributed by atoms with Gasteiger partial charge in [0.1, 0.15) is 0 Å². The van der Waals surface area contributed by atoms with E-state index in [0.29, 0.717) is 0 Å². The minimum atomic E-state index is 1.10. The highest BCUT2D eigenvalue weighted by atomic mass is 15.2. The lowest BCUT2D eigenvalue weighted by molar-refractivity contribution is 1.28. The number of rotatable bonds is 7. The van der Waals surface area contributed by atoms with E-state index in [2.05, 4.69) is 240 Å². The maximum Gasteiger partial charge on any atom is 0.0547 e. The van der Waals surface area contributed by atoms with Crippen LogP contribution in [0.1, 0.15) is 0 Å². The van der Waals surface area contributed by atoms with Gasteiger partial charge in [-0.2, -0.15) is 0 Å². The highest BCUT2D eigenvalue weighted by Crippen LogP contribution is 2.53. The predicted molar refractivity (Wildman–Crippen MR) is 246 cm³/mol. The zero-order chi connectivity index (χ0) is 38.4. The standard InChI is InChI=1S/C56H38N2/c1-5-16-39(17-6-1)43-36-44(40-18-7-2-8-19-40)38-48(37-43)57(45-22-9-3-10-23-45)47-32-30-41(31-33-47)49-26-15-27-51-50(49)34-35-54-56(51)52-28-13-20-42-21-14-29-53(55(42)52)58(54)46-24-11-4-12-25-46/h1-38H. The van der Waals surface area contributed by atoms with Crippen LogP contribution in [0.4, 0.5) is 34.1 Å². The molecule has 0 aliphatic carbocycles. The first kappa shape index (κ1) is 33.6. The van der Waals surface area contributed by atoms with Gasteiger partial charge in [0.15, 0.2) is 0 Å². The maximum atomic E-state index is 2.43. The summed E-state index contributed by atoms with van der Waals surface area (Å²) in [6, 6.07) is 83.6. The van der Waals surface area contributed by atoms with Gasteiger partial charge < -0.3 is 9.80 Å². The third-order valence-corrected chi connectivity index (χ3v) is 11.5. The van der Waals surface area contributed by atoms with Gasteiger partial charge in [-0.15, -0.1) is 0 Å². The molecule has 1 aliphatic rings. The van der Waals surface area contributed by atoms with Crippen molar-refractivity contribution in [2.45, 2.75) is 0 Å². The second-order valence-corrected chi connectivity index (χ2v) is 14.9. The summed E-state index contributed by atoms with van der Waals surface area (Å²) in [7, 11) is 0. The minimum absolute atomic E-state index is 1.10. The number of fused-ring (bicyclic) bond motifs is 4. The Kier molecular flexibility index (Phi) is 8.19. The fourth-order valence-corrected chi connectivity index (χ4v) is 8.92. The van der Waals surface area contributed by atoms with Gasteiger partial charge in [0.2, 0.25) is 0 Å². The summed E-state index contributed by atoms with van der Waals surface area (Å²) in [5.41, 5.74) is 16.6. The Morgan fingerprint density at radius 3 is 1.55 bits per heavy atom. The van der Waals surface area contributed by atoms with Crippen LogP contribution in [0.3, 0.4) is 0 Å². The first-order valence-corrected chi connectivity index (χ1v) is 19.9. The van der Waals surface area contributed by atoms with E-state index in [9.17, 15) is 0 Å². The van der Waals surface area contributed by atoms with Gasteiger partial charge in [0.25, 0.3) is 0 Å². The molecule has 1 aliphatic heterocycles. The predicted octanol–water partition coefficient (Wildman–Crippen LogP) is 15.9. The molecule has 272 valence electrons. The lowest BCUT2D eigenvalue weighted by Crippen LogP contribution is -2.15.